The van der Waals surface area contributed by atoms with Crippen molar-refractivity contribution in [1.29, 1.82) is 0 Å². The van der Waals surface area contributed by atoms with Gasteiger partial charge in [-0.05, 0) is 161 Å². The maximum atomic E-state index is 16.2. The zero-order chi connectivity index (χ0) is 44.1. The number of nitrogens with zero attached hydrogens (tertiary/aromatic N) is 2. The summed E-state index contributed by atoms with van der Waals surface area (Å²) in [5.74, 6) is 4.44. The molecule has 9 aliphatic heterocycles. The van der Waals surface area contributed by atoms with Crippen molar-refractivity contribution in [1.82, 2.24) is 9.80 Å². The normalized spacial score (nSPS) is 42.5. The Balaban J connectivity index is 1.04. The van der Waals surface area contributed by atoms with Crippen LogP contribution in [0.1, 0.15) is 155 Å². The predicted molar refractivity (Wildman–Crippen MR) is 256 cm³/mol. The molecule has 17 rings (SSSR count). The second kappa shape index (κ2) is 15.2. The van der Waals surface area contributed by atoms with Crippen molar-refractivity contribution in [3.05, 3.63) is 105 Å². The molecule has 2 N–H and O–H groups in total. The van der Waals surface area contributed by atoms with Crippen molar-refractivity contribution >= 4 is 11.9 Å². The molecule has 0 amide bonds. The number of aryl methyl sites for hydroxylation is 2. The van der Waals surface area contributed by atoms with E-state index in [-0.39, 0.29) is 17.9 Å². The highest BCUT2D eigenvalue weighted by atomic mass is 16.6. The number of nitrogens with two attached hydrogens (primary N) is 1. The molecule has 15 aliphatic rings. The topological polar surface area (TPSA) is 85.1 Å². The fourth-order valence-corrected chi connectivity index (χ4v) is 19.4. The summed E-state index contributed by atoms with van der Waals surface area (Å²) in [5, 5.41) is 0. The lowest BCUT2D eigenvalue weighted by atomic mass is 9.28. The van der Waals surface area contributed by atoms with Crippen LogP contribution >= 0.6 is 0 Å². The molecule has 0 radical (unpaired) electrons. The molecule has 2 aromatic carbocycles. The van der Waals surface area contributed by atoms with Crippen LogP contribution in [0.2, 0.25) is 0 Å². The van der Waals surface area contributed by atoms with E-state index in [1.54, 1.807) is 16.8 Å². The number of hydrogen-bond donors (Lipinski definition) is 1. The minimum atomic E-state index is -0.965. The summed E-state index contributed by atoms with van der Waals surface area (Å²) in [6, 6.07) is 17.1. The highest BCUT2D eigenvalue weighted by Gasteiger charge is 2.93. The minimum Gasteiger partial charge on any atom is -0.449 e. The van der Waals surface area contributed by atoms with Crippen molar-refractivity contribution in [2.75, 3.05) is 26.2 Å². The second-order valence-electron chi connectivity index (χ2n) is 24.2. The highest BCUT2D eigenvalue weighted by molar-refractivity contribution is 6.00. The third kappa shape index (κ3) is 5.40. The van der Waals surface area contributed by atoms with Gasteiger partial charge in [0.05, 0.1) is 11.0 Å². The largest absolute Gasteiger partial charge is 0.449 e. The van der Waals surface area contributed by atoms with Crippen LogP contribution in [0.15, 0.2) is 76.7 Å². The lowest BCUT2D eigenvalue weighted by molar-refractivity contribution is -0.278. The molecule has 7 nitrogen and oxygen atoms in total. The van der Waals surface area contributed by atoms with Gasteiger partial charge in [0.15, 0.2) is 5.60 Å². The first-order valence-corrected chi connectivity index (χ1v) is 27.4. The Hall–Kier alpha value is -3.68. The molecule has 2 saturated carbocycles. The smallest absolute Gasteiger partial charge is 0.339 e. The van der Waals surface area contributed by atoms with Crippen LogP contribution in [0.5, 0.6) is 0 Å². The van der Waals surface area contributed by atoms with E-state index in [9.17, 15) is 0 Å². The van der Waals surface area contributed by atoms with Gasteiger partial charge in [-0.3, -0.25) is 9.69 Å². The molecule has 5 fully saturated rings. The van der Waals surface area contributed by atoms with Gasteiger partial charge in [-0.1, -0.05) is 105 Å². The molecule has 15 bridgehead atoms. The number of esters is 2. The van der Waals surface area contributed by atoms with Crippen LogP contribution in [0.25, 0.3) is 0 Å². The van der Waals surface area contributed by atoms with Crippen molar-refractivity contribution < 1.29 is 19.1 Å². The molecule has 0 aromatic heterocycles. The first-order valence-electron chi connectivity index (χ1n) is 27.4. The van der Waals surface area contributed by atoms with Crippen LogP contribution in [-0.2, 0) is 39.1 Å². The standard InChI is InChI=1S/C59H73N3O4/c1-35-26-41-19-21-48-43-29-39-32-61(34-43)44(30-37-10-3-2-4-11-37)20-22-50-57-24-23-45-47-31-42(51(35)53(45)54(41)62(48)33-39)28-38-14-7-13-36(27-38)12-5-6-18-49(58(47,57)56(64)65-50)59(57)46-17-8-15-40(16-9-25-60)52(46)55(63)66-59/h7-8,13-15,17,22,27,35,37,39,42-44,48-49,51,53H,2-6,9-12,16,18-21,23-26,28-34,60H2,1H3/b50-22+/t35-,39+,42+,43-,44-,48+,49+,51-,53+,57-,58+,59-/m1/s1. The number of rotatable bonds is 5. The maximum Gasteiger partial charge on any atom is 0.339 e. The number of ether oxygens (including phenoxy) is 2. The Kier molecular flexibility index (Phi) is 9.49. The van der Waals surface area contributed by atoms with E-state index in [1.807, 2.05) is 0 Å². The van der Waals surface area contributed by atoms with Crippen molar-refractivity contribution in [3.8, 4) is 0 Å². The fraction of sp³-hybridized carbons (Fsp3) is 0.661. The summed E-state index contributed by atoms with van der Waals surface area (Å²) in [5.41, 5.74) is 15.8. The van der Waals surface area contributed by atoms with Crippen LogP contribution < -0.4 is 5.73 Å². The number of allylic oxidation sites excluding steroid dienone is 2. The van der Waals surface area contributed by atoms with E-state index in [0.29, 0.717) is 54.1 Å². The SMILES string of the molecule is C[C@@H]1CC2=C3[C@H]4C5=C6C[C@H](Cc7cccc(c7)CCCC[C@H]7[C@]68C(=O)O/C(=C/C[C@H](CC6CCCCC6)N6C[C@@H]9C[C@H](C6)[C@H](CC2)N3C9)[C@@]8(CC5)[C@]72OC(=O)c3c(CCCN)cccc32)[C@H]41. The monoisotopic (exact) mass is 888 g/mol. The number of fused-ring (bicyclic) bond motifs is 7. The first-order chi connectivity index (χ1) is 32.3. The molecule has 13 atom stereocenters. The first kappa shape index (κ1) is 41.3. The maximum absolute atomic E-state index is 16.2. The van der Waals surface area contributed by atoms with Crippen LogP contribution in [0, 0.1) is 58.2 Å². The molecule has 348 valence electrons. The summed E-state index contributed by atoms with van der Waals surface area (Å²) in [4.78, 5) is 37.3. The average molecular weight is 888 g/mol. The zero-order valence-electron chi connectivity index (χ0n) is 39.7. The fourth-order valence-electron chi connectivity index (χ4n) is 19.4. The molecule has 2 aromatic rings. The summed E-state index contributed by atoms with van der Waals surface area (Å²) in [6.07, 6.45) is 25.6. The summed E-state index contributed by atoms with van der Waals surface area (Å²) < 4.78 is 14.6. The van der Waals surface area contributed by atoms with Crippen LogP contribution in [0.3, 0.4) is 0 Å². The summed E-state index contributed by atoms with van der Waals surface area (Å²) in [6.45, 7) is 6.74. The Labute approximate surface area is 393 Å². The molecular weight excluding hydrogens is 815 g/mol. The molecule has 3 saturated heterocycles. The Bertz CT molecular complexity index is 2480. The number of hydrogen-bond acceptors (Lipinski definition) is 7. The van der Waals surface area contributed by atoms with E-state index in [2.05, 4.69) is 65.3 Å². The molecule has 7 heteroatoms. The van der Waals surface area contributed by atoms with Crippen molar-refractivity contribution in [3.63, 3.8) is 0 Å². The van der Waals surface area contributed by atoms with Gasteiger partial charge in [0.25, 0.3) is 0 Å². The summed E-state index contributed by atoms with van der Waals surface area (Å²) >= 11 is 0. The van der Waals surface area contributed by atoms with Gasteiger partial charge in [0, 0.05) is 54.8 Å². The lowest BCUT2D eigenvalue weighted by Gasteiger charge is -2.72. The average Bonchev–Trinajstić information content (AvgIpc) is 3.77. The lowest BCUT2D eigenvalue weighted by Crippen LogP contribution is -2.77. The van der Waals surface area contributed by atoms with Gasteiger partial charge in [-0.25, -0.2) is 4.79 Å². The Morgan fingerprint density at radius 3 is 2.62 bits per heavy atom. The number of benzene rings is 2. The van der Waals surface area contributed by atoms with E-state index in [1.165, 1.54) is 101 Å². The van der Waals surface area contributed by atoms with E-state index >= 15 is 9.59 Å². The highest BCUT2D eigenvalue weighted by Crippen LogP contribution is 2.87. The Morgan fingerprint density at radius 2 is 1.73 bits per heavy atom. The summed E-state index contributed by atoms with van der Waals surface area (Å²) in [7, 11) is 0. The molecule has 1 unspecified atom stereocenters. The predicted octanol–water partition coefficient (Wildman–Crippen LogP) is 10.8. The van der Waals surface area contributed by atoms with Crippen LogP contribution in [-0.4, -0.2) is 60.0 Å². The molecular formula is C59H73N3O4. The van der Waals surface area contributed by atoms with Gasteiger partial charge in [0.1, 0.15) is 11.2 Å². The molecule has 66 heavy (non-hydrogen) atoms. The van der Waals surface area contributed by atoms with E-state index < -0.39 is 16.4 Å². The number of carbonyl (C=O) groups is 2. The zero-order valence-corrected chi connectivity index (χ0v) is 39.7. The van der Waals surface area contributed by atoms with Gasteiger partial charge in [0.2, 0.25) is 0 Å². The molecule has 3 spiro atoms. The van der Waals surface area contributed by atoms with E-state index in [4.69, 9.17) is 15.2 Å². The third-order valence-corrected chi connectivity index (χ3v) is 21.4. The Morgan fingerprint density at radius 1 is 0.864 bits per heavy atom. The third-order valence-electron chi connectivity index (χ3n) is 21.4. The molecule has 9 heterocycles. The number of carbonyl (C=O) groups excluding carboxylic acids is 2. The van der Waals surface area contributed by atoms with Gasteiger partial charge in [-0.15, -0.1) is 0 Å². The second-order valence-corrected chi connectivity index (χ2v) is 24.2. The quantitative estimate of drug-likeness (QED) is 0.236. The molecule has 6 aliphatic carbocycles. The van der Waals surface area contributed by atoms with E-state index in [0.717, 1.165) is 99.0 Å². The van der Waals surface area contributed by atoms with Gasteiger partial charge in [-0.2, -0.15) is 0 Å². The van der Waals surface area contributed by atoms with Crippen LogP contribution in [0.4, 0.5) is 0 Å². The van der Waals surface area contributed by atoms with Gasteiger partial charge >= 0.3 is 11.9 Å². The van der Waals surface area contributed by atoms with Crippen molar-refractivity contribution in [2.24, 2.45) is 63.9 Å². The van der Waals surface area contributed by atoms with Crippen molar-refractivity contribution in [2.45, 2.75) is 159 Å². The number of piperidine rings is 2. The minimum absolute atomic E-state index is 0.0226. The van der Waals surface area contributed by atoms with Gasteiger partial charge < -0.3 is 20.1 Å².